The third-order valence-electron chi connectivity index (χ3n) is 2.48. The van der Waals surface area contributed by atoms with Crippen molar-refractivity contribution in [2.45, 2.75) is 20.3 Å². The van der Waals surface area contributed by atoms with Gasteiger partial charge in [-0.1, -0.05) is 0 Å². The average Bonchev–Trinajstić information content (AvgIpc) is 2.41. The number of hydrogen-bond donors (Lipinski definition) is 0. The van der Waals surface area contributed by atoms with E-state index >= 15 is 0 Å². The summed E-state index contributed by atoms with van der Waals surface area (Å²) in [7, 11) is 1.55. The summed E-state index contributed by atoms with van der Waals surface area (Å²) in [6.45, 7) is 3.34. The topological polar surface area (TPSA) is 71.5 Å². The van der Waals surface area contributed by atoms with Gasteiger partial charge in [-0.3, -0.25) is 9.59 Å². The zero-order valence-electron chi connectivity index (χ0n) is 9.64. The predicted molar refractivity (Wildman–Crippen MR) is 63.9 cm³/mol. The molecule has 0 aromatic heterocycles. The third-order valence-corrected chi connectivity index (χ3v) is 3.73. The number of hydrogen-bond acceptors (Lipinski definition) is 4. The SMILES string of the molecule is CC(=O)C=C(C)N1CC(CS(=O)(=O)Cl)CC1=O. The molecule has 5 nitrogen and oxygen atoms in total. The second-order valence-corrected chi connectivity index (χ2v) is 7.00. The van der Waals surface area contributed by atoms with E-state index in [4.69, 9.17) is 10.7 Å². The Bertz CT molecular complexity index is 469. The van der Waals surface area contributed by atoms with Gasteiger partial charge in [-0.25, -0.2) is 8.42 Å². The van der Waals surface area contributed by atoms with E-state index in [0.29, 0.717) is 12.2 Å². The van der Waals surface area contributed by atoms with Crippen molar-refractivity contribution in [3.8, 4) is 0 Å². The van der Waals surface area contributed by atoms with E-state index in [2.05, 4.69) is 0 Å². The van der Waals surface area contributed by atoms with Crippen LogP contribution in [-0.2, 0) is 18.6 Å². The second-order valence-electron chi connectivity index (χ2n) is 4.18. The van der Waals surface area contributed by atoms with Crippen molar-refractivity contribution in [3.63, 3.8) is 0 Å². The predicted octanol–water partition coefficient (Wildman–Crippen LogP) is 0.896. The minimum absolute atomic E-state index is 0.148. The van der Waals surface area contributed by atoms with Crippen molar-refractivity contribution >= 4 is 31.4 Å². The first kappa shape index (κ1) is 14.2. The van der Waals surface area contributed by atoms with Crippen LogP contribution in [0.5, 0.6) is 0 Å². The van der Waals surface area contributed by atoms with E-state index in [9.17, 15) is 18.0 Å². The number of nitrogens with zero attached hydrogens (tertiary/aromatic N) is 1. The van der Waals surface area contributed by atoms with Crippen LogP contribution in [0.3, 0.4) is 0 Å². The lowest BCUT2D eigenvalue weighted by Gasteiger charge is -2.16. The Kier molecular flexibility index (Phi) is 4.32. The molecule has 1 fully saturated rings. The lowest BCUT2D eigenvalue weighted by molar-refractivity contribution is -0.126. The first-order valence-corrected chi connectivity index (χ1v) is 7.58. The number of amides is 1. The summed E-state index contributed by atoms with van der Waals surface area (Å²) in [5.74, 6) is -0.848. The summed E-state index contributed by atoms with van der Waals surface area (Å²) in [5, 5.41) is 0. The molecule has 1 amide bonds. The highest BCUT2D eigenvalue weighted by Crippen LogP contribution is 2.24. The Morgan fingerprint density at radius 2 is 2.12 bits per heavy atom. The average molecular weight is 280 g/mol. The number of halogens is 1. The molecule has 1 rings (SSSR count). The molecule has 1 heterocycles. The molecule has 17 heavy (non-hydrogen) atoms. The number of carbonyl (C=O) groups is 2. The van der Waals surface area contributed by atoms with Gasteiger partial charge in [-0.2, -0.15) is 0 Å². The molecular weight excluding hydrogens is 266 g/mol. The van der Waals surface area contributed by atoms with Gasteiger partial charge in [0.15, 0.2) is 5.78 Å². The lowest BCUT2D eigenvalue weighted by Crippen LogP contribution is -2.24. The molecule has 1 aliphatic rings. The van der Waals surface area contributed by atoms with Crippen molar-refractivity contribution in [2.24, 2.45) is 5.92 Å². The van der Waals surface area contributed by atoms with Crippen LogP contribution in [0.15, 0.2) is 11.8 Å². The number of carbonyl (C=O) groups excluding carboxylic acids is 2. The van der Waals surface area contributed by atoms with Crippen molar-refractivity contribution in [2.75, 3.05) is 12.3 Å². The summed E-state index contributed by atoms with van der Waals surface area (Å²) in [6, 6.07) is 0. The Labute approximate surface area is 105 Å². The standard InChI is InChI=1S/C10H14ClNO4S/c1-7(3-8(2)13)12-5-9(4-10(12)14)6-17(11,15)16/h3,9H,4-6H2,1-2H3. The van der Waals surface area contributed by atoms with E-state index in [1.807, 2.05) is 0 Å². The molecule has 0 bridgehead atoms. The van der Waals surface area contributed by atoms with Crippen LogP contribution in [0.25, 0.3) is 0 Å². The Hall–Kier alpha value is -0.880. The minimum atomic E-state index is -3.60. The van der Waals surface area contributed by atoms with Crippen LogP contribution in [-0.4, -0.2) is 37.3 Å². The smallest absolute Gasteiger partial charge is 0.232 e. The van der Waals surface area contributed by atoms with E-state index in [1.165, 1.54) is 17.9 Å². The number of likely N-dealkylation sites (tertiary alicyclic amines) is 1. The molecule has 0 radical (unpaired) electrons. The van der Waals surface area contributed by atoms with E-state index in [-0.39, 0.29) is 29.8 Å². The molecule has 1 unspecified atom stereocenters. The van der Waals surface area contributed by atoms with Crippen LogP contribution in [0.2, 0.25) is 0 Å². The van der Waals surface area contributed by atoms with E-state index < -0.39 is 9.05 Å². The fourth-order valence-electron chi connectivity index (χ4n) is 1.89. The van der Waals surface area contributed by atoms with Gasteiger partial charge in [-0.15, -0.1) is 0 Å². The van der Waals surface area contributed by atoms with Gasteiger partial charge in [-0.05, 0) is 13.8 Å². The molecule has 0 N–H and O–H groups in total. The highest BCUT2D eigenvalue weighted by atomic mass is 35.7. The molecule has 0 aromatic rings. The van der Waals surface area contributed by atoms with Crippen LogP contribution in [0, 0.1) is 5.92 Å². The fourth-order valence-corrected chi connectivity index (χ4v) is 3.21. The minimum Gasteiger partial charge on any atom is -0.316 e. The Balaban J connectivity index is 2.74. The van der Waals surface area contributed by atoms with E-state index in [1.54, 1.807) is 6.92 Å². The van der Waals surface area contributed by atoms with E-state index in [0.717, 1.165) is 0 Å². The maximum Gasteiger partial charge on any atom is 0.232 e. The van der Waals surface area contributed by atoms with Gasteiger partial charge in [0.05, 0.1) is 5.75 Å². The van der Waals surface area contributed by atoms with Crippen LogP contribution >= 0.6 is 10.7 Å². The molecule has 96 valence electrons. The van der Waals surface area contributed by atoms with Crippen molar-refractivity contribution in [1.29, 1.82) is 0 Å². The maximum absolute atomic E-state index is 11.6. The molecule has 0 aliphatic carbocycles. The highest BCUT2D eigenvalue weighted by molar-refractivity contribution is 8.13. The molecule has 1 atom stereocenters. The number of ketones is 1. The molecule has 1 aliphatic heterocycles. The molecular formula is C10H14ClNO4S. The Morgan fingerprint density at radius 1 is 1.53 bits per heavy atom. The van der Waals surface area contributed by atoms with Crippen molar-refractivity contribution in [3.05, 3.63) is 11.8 Å². The van der Waals surface area contributed by atoms with Gasteiger partial charge in [0.2, 0.25) is 15.0 Å². The summed E-state index contributed by atoms with van der Waals surface area (Å²) < 4.78 is 21.8. The zero-order chi connectivity index (χ0) is 13.2. The van der Waals surface area contributed by atoms with Gasteiger partial charge in [0, 0.05) is 41.3 Å². The summed E-state index contributed by atoms with van der Waals surface area (Å²) in [5.41, 5.74) is 0.539. The zero-order valence-corrected chi connectivity index (χ0v) is 11.2. The molecule has 0 aromatic carbocycles. The number of allylic oxidation sites excluding steroid dienone is 2. The van der Waals surface area contributed by atoms with Crippen LogP contribution in [0.4, 0.5) is 0 Å². The maximum atomic E-state index is 11.6. The van der Waals surface area contributed by atoms with Crippen LogP contribution in [0.1, 0.15) is 20.3 Å². The van der Waals surface area contributed by atoms with Gasteiger partial charge >= 0.3 is 0 Å². The Morgan fingerprint density at radius 3 is 2.59 bits per heavy atom. The molecule has 1 saturated heterocycles. The summed E-state index contributed by atoms with van der Waals surface area (Å²) >= 11 is 0. The number of rotatable bonds is 4. The van der Waals surface area contributed by atoms with Gasteiger partial charge in [0.25, 0.3) is 0 Å². The summed E-state index contributed by atoms with van der Waals surface area (Å²) in [6.07, 6.45) is 1.50. The first-order valence-electron chi connectivity index (χ1n) is 5.10. The monoisotopic (exact) mass is 279 g/mol. The normalized spacial score (nSPS) is 22.1. The first-order chi connectivity index (χ1) is 7.69. The molecule has 7 heteroatoms. The van der Waals surface area contributed by atoms with Crippen LogP contribution < -0.4 is 0 Å². The molecule has 0 saturated carbocycles. The van der Waals surface area contributed by atoms with Crippen molar-refractivity contribution < 1.29 is 18.0 Å². The van der Waals surface area contributed by atoms with Gasteiger partial charge in [0.1, 0.15) is 0 Å². The van der Waals surface area contributed by atoms with Gasteiger partial charge < -0.3 is 4.90 Å². The fraction of sp³-hybridized carbons (Fsp3) is 0.600. The van der Waals surface area contributed by atoms with Crippen molar-refractivity contribution in [1.82, 2.24) is 4.90 Å². The highest BCUT2D eigenvalue weighted by Gasteiger charge is 2.33. The quantitative estimate of drug-likeness (QED) is 0.566. The largest absolute Gasteiger partial charge is 0.316 e. The second kappa shape index (κ2) is 5.18. The third kappa shape index (κ3) is 4.47. The lowest BCUT2D eigenvalue weighted by atomic mass is 10.1. The molecule has 0 spiro atoms. The summed E-state index contributed by atoms with van der Waals surface area (Å²) in [4.78, 5) is 24.0.